The molecule has 2 aromatic carbocycles. The lowest BCUT2D eigenvalue weighted by molar-refractivity contribution is -0.118. The molecular weight excluding hydrogens is 535 g/mol. The van der Waals surface area contributed by atoms with Crippen molar-refractivity contribution in [3.05, 3.63) is 101 Å². The van der Waals surface area contributed by atoms with Crippen LogP contribution in [0.3, 0.4) is 0 Å². The second-order valence-corrected chi connectivity index (χ2v) is 9.04. The SMILES string of the molecule is C=C1N=C(c2ccc(CNC(=O)c3cc(C(=O)NCc4ccc5c(c4)NC(=O)CO5)nc4c(F)cnn34)cc2)NO1. The lowest BCUT2D eigenvalue weighted by atomic mass is 10.1. The molecule has 14 heteroatoms. The van der Waals surface area contributed by atoms with Crippen LogP contribution in [0.2, 0.25) is 0 Å². The fourth-order valence-corrected chi connectivity index (χ4v) is 4.18. The summed E-state index contributed by atoms with van der Waals surface area (Å²) in [4.78, 5) is 50.9. The zero-order chi connectivity index (χ0) is 28.5. The van der Waals surface area contributed by atoms with E-state index in [2.05, 4.69) is 43.1 Å². The van der Waals surface area contributed by atoms with Gasteiger partial charge in [0, 0.05) is 24.7 Å². The first-order valence-corrected chi connectivity index (χ1v) is 12.3. The summed E-state index contributed by atoms with van der Waals surface area (Å²) in [5.74, 6) is -0.989. The zero-order valence-electron chi connectivity index (χ0n) is 21.2. The van der Waals surface area contributed by atoms with Gasteiger partial charge in [-0.3, -0.25) is 14.4 Å². The van der Waals surface area contributed by atoms with Crippen LogP contribution in [-0.2, 0) is 22.7 Å². The highest BCUT2D eigenvalue weighted by atomic mass is 19.1. The minimum atomic E-state index is -0.787. The third-order valence-electron chi connectivity index (χ3n) is 6.21. The molecule has 0 bridgehead atoms. The third-order valence-corrected chi connectivity index (χ3v) is 6.21. The van der Waals surface area contributed by atoms with Crippen molar-refractivity contribution >= 4 is 34.9 Å². The number of carbonyl (C=O) groups is 3. The largest absolute Gasteiger partial charge is 0.482 e. The van der Waals surface area contributed by atoms with E-state index in [1.165, 1.54) is 6.07 Å². The number of nitrogens with one attached hydrogen (secondary N) is 4. The van der Waals surface area contributed by atoms with Crippen LogP contribution in [0.5, 0.6) is 5.75 Å². The molecule has 41 heavy (non-hydrogen) atoms. The van der Waals surface area contributed by atoms with Crippen LogP contribution in [-0.4, -0.2) is 44.8 Å². The van der Waals surface area contributed by atoms with Gasteiger partial charge in [0.05, 0.1) is 11.9 Å². The zero-order valence-corrected chi connectivity index (χ0v) is 21.2. The first-order chi connectivity index (χ1) is 19.8. The van der Waals surface area contributed by atoms with Crippen LogP contribution in [0.1, 0.15) is 37.7 Å². The van der Waals surface area contributed by atoms with Gasteiger partial charge in [-0.2, -0.15) is 10.1 Å². The maximum Gasteiger partial charge on any atom is 0.270 e. The molecule has 0 aliphatic carbocycles. The Bertz CT molecular complexity index is 1770. The van der Waals surface area contributed by atoms with Gasteiger partial charge < -0.3 is 25.5 Å². The molecule has 2 aliphatic rings. The van der Waals surface area contributed by atoms with Crippen LogP contribution in [0, 0.1) is 5.82 Å². The number of amidine groups is 1. The Kier molecular flexibility index (Phi) is 6.47. The highest BCUT2D eigenvalue weighted by Crippen LogP contribution is 2.28. The third kappa shape index (κ3) is 5.25. The van der Waals surface area contributed by atoms with Crippen molar-refractivity contribution in [2.24, 2.45) is 4.99 Å². The van der Waals surface area contributed by atoms with E-state index < -0.39 is 17.6 Å². The maximum absolute atomic E-state index is 14.4. The number of benzene rings is 2. The van der Waals surface area contributed by atoms with E-state index in [1.807, 2.05) is 0 Å². The number of hydrogen-bond donors (Lipinski definition) is 4. The van der Waals surface area contributed by atoms with E-state index in [-0.39, 0.29) is 48.5 Å². The number of ether oxygens (including phenoxy) is 1. The monoisotopic (exact) mass is 556 g/mol. The average molecular weight is 557 g/mol. The topological polar surface area (TPSA) is 160 Å². The smallest absolute Gasteiger partial charge is 0.270 e. The van der Waals surface area contributed by atoms with Crippen molar-refractivity contribution in [3.63, 3.8) is 0 Å². The number of carbonyl (C=O) groups excluding carboxylic acids is 3. The van der Waals surface area contributed by atoms with Gasteiger partial charge in [-0.25, -0.2) is 19.4 Å². The van der Waals surface area contributed by atoms with Gasteiger partial charge in [-0.05, 0) is 29.8 Å². The molecule has 13 nitrogen and oxygen atoms in total. The van der Waals surface area contributed by atoms with Crippen molar-refractivity contribution in [1.82, 2.24) is 30.7 Å². The van der Waals surface area contributed by atoms with E-state index in [9.17, 15) is 18.8 Å². The first kappa shape index (κ1) is 25.5. The second kappa shape index (κ2) is 10.4. The van der Waals surface area contributed by atoms with E-state index in [1.54, 1.807) is 42.5 Å². The summed E-state index contributed by atoms with van der Waals surface area (Å²) < 4.78 is 20.8. The van der Waals surface area contributed by atoms with Gasteiger partial charge >= 0.3 is 0 Å². The highest BCUT2D eigenvalue weighted by molar-refractivity contribution is 6.00. The molecule has 4 N–H and O–H groups in total. The van der Waals surface area contributed by atoms with Crippen molar-refractivity contribution < 1.29 is 28.3 Å². The molecule has 4 aromatic rings. The summed E-state index contributed by atoms with van der Waals surface area (Å²) in [6.45, 7) is 3.77. The number of aromatic nitrogens is 3. The van der Waals surface area contributed by atoms with Crippen molar-refractivity contribution in [2.45, 2.75) is 13.1 Å². The Morgan fingerprint density at radius 1 is 1.05 bits per heavy atom. The molecule has 0 unspecified atom stereocenters. The molecule has 206 valence electrons. The van der Waals surface area contributed by atoms with Crippen LogP contribution < -0.4 is 26.2 Å². The van der Waals surface area contributed by atoms with Crippen LogP contribution in [0.15, 0.2) is 72.2 Å². The Labute approximate surface area is 231 Å². The van der Waals surface area contributed by atoms with Gasteiger partial charge in [0.1, 0.15) is 17.1 Å². The Hall–Kier alpha value is -5.79. The fourth-order valence-electron chi connectivity index (χ4n) is 4.18. The molecule has 0 spiro atoms. The molecule has 4 heterocycles. The number of rotatable bonds is 7. The van der Waals surface area contributed by atoms with E-state index >= 15 is 0 Å². The molecule has 6 rings (SSSR count). The molecule has 2 aliphatic heterocycles. The van der Waals surface area contributed by atoms with E-state index in [4.69, 9.17) is 9.57 Å². The summed E-state index contributed by atoms with van der Waals surface area (Å²) in [6, 6.07) is 13.5. The number of amides is 3. The average Bonchev–Trinajstić information content (AvgIpc) is 3.59. The minimum Gasteiger partial charge on any atom is -0.482 e. The predicted octanol–water partition coefficient (Wildman–Crippen LogP) is 1.81. The van der Waals surface area contributed by atoms with Crippen molar-refractivity contribution in [3.8, 4) is 5.75 Å². The van der Waals surface area contributed by atoms with Crippen LogP contribution in [0.25, 0.3) is 5.65 Å². The molecule has 0 fully saturated rings. The standard InChI is InChI=1S/C27H21FN8O5/c1-14-32-24(35-41-14)17-5-2-15(3-6-17)10-30-27(39)21-9-20(34-25-18(28)12-31-36(21)25)26(38)29-11-16-4-7-22-19(8-16)33-23(37)13-40-22/h2-9,12H,1,10-11,13H2,(H,29,38)(H,30,39)(H,32,35)(H,33,37). The lowest BCUT2D eigenvalue weighted by Gasteiger charge is -2.18. The van der Waals surface area contributed by atoms with Gasteiger partial charge in [-0.1, -0.05) is 30.3 Å². The number of fused-ring (bicyclic) bond motifs is 2. The normalized spacial score (nSPS) is 13.8. The van der Waals surface area contributed by atoms with E-state index in [0.29, 0.717) is 22.8 Å². The highest BCUT2D eigenvalue weighted by Gasteiger charge is 2.21. The Morgan fingerprint density at radius 2 is 1.80 bits per heavy atom. The molecule has 3 amide bonds. The molecule has 0 radical (unpaired) electrons. The number of halogens is 1. The van der Waals surface area contributed by atoms with Crippen molar-refractivity contribution in [1.29, 1.82) is 0 Å². The first-order valence-electron chi connectivity index (χ1n) is 12.3. The molecule has 2 aromatic heterocycles. The summed E-state index contributed by atoms with van der Waals surface area (Å²) in [6.07, 6.45) is 0.918. The predicted molar refractivity (Wildman–Crippen MR) is 142 cm³/mol. The van der Waals surface area contributed by atoms with Crippen LogP contribution >= 0.6 is 0 Å². The number of nitrogens with zero attached hydrogens (tertiary/aromatic N) is 4. The molecule has 0 saturated heterocycles. The van der Waals surface area contributed by atoms with Gasteiger partial charge in [-0.15, -0.1) is 0 Å². The Morgan fingerprint density at radius 3 is 2.59 bits per heavy atom. The van der Waals surface area contributed by atoms with Crippen molar-refractivity contribution in [2.75, 3.05) is 11.9 Å². The number of anilines is 1. The lowest BCUT2D eigenvalue weighted by Crippen LogP contribution is -2.29. The molecule has 0 atom stereocenters. The van der Waals surface area contributed by atoms with E-state index in [0.717, 1.165) is 21.8 Å². The Balaban J connectivity index is 1.16. The summed E-state index contributed by atoms with van der Waals surface area (Å²) in [5, 5.41) is 12.1. The fraction of sp³-hybridized carbons (Fsp3) is 0.111. The molecular formula is C27H21FN8O5. The number of hydrogen-bond acceptors (Lipinski definition) is 9. The quantitative estimate of drug-likeness (QED) is 0.268. The van der Waals surface area contributed by atoms with Crippen LogP contribution in [0.4, 0.5) is 10.1 Å². The number of aliphatic imine (C=N–C) groups is 1. The number of hydroxylamine groups is 1. The minimum absolute atomic E-state index is 0.0644. The van der Waals surface area contributed by atoms with Gasteiger partial charge in [0.25, 0.3) is 17.7 Å². The second-order valence-electron chi connectivity index (χ2n) is 9.04. The van der Waals surface area contributed by atoms with Gasteiger partial charge in [0.15, 0.2) is 23.9 Å². The molecule has 0 saturated carbocycles. The summed E-state index contributed by atoms with van der Waals surface area (Å²) in [7, 11) is 0. The summed E-state index contributed by atoms with van der Waals surface area (Å²) in [5.41, 5.74) is 4.86. The summed E-state index contributed by atoms with van der Waals surface area (Å²) >= 11 is 0. The van der Waals surface area contributed by atoms with Gasteiger partial charge in [0.2, 0.25) is 5.88 Å². The maximum atomic E-state index is 14.4.